The Balaban J connectivity index is 1.67. The fraction of sp³-hybridized carbons (Fsp3) is 0.0870. The number of carbonyl (C=O) groups excluding carboxylic acids is 2. The van der Waals surface area contributed by atoms with Gasteiger partial charge in [0.1, 0.15) is 10.7 Å². The number of benzene rings is 3. The minimum absolute atomic E-state index is 0.0268. The number of amidine groups is 1. The Bertz CT molecular complexity index is 1460. The van der Waals surface area contributed by atoms with Crippen molar-refractivity contribution in [2.75, 3.05) is 10.6 Å². The third kappa shape index (κ3) is 4.51. The normalized spacial score (nSPS) is 14.9. The van der Waals surface area contributed by atoms with Gasteiger partial charge in [-0.1, -0.05) is 41.9 Å². The van der Waals surface area contributed by atoms with Crippen LogP contribution in [0, 0.1) is 5.41 Å². The van der Waals surface area contributed by atoms with Crippen molar-refractivity contribution < 1.29 is 18.0 Å². The lowest BCUT2D eigenvalue weighted by atomic mass is 9.95. The first-order valence-corrected chi connectivity index (χ1v) is 12.0. The number of anilines is 2. The average Bonchev–Trinajstić information content (AvgIpc) is 3.07. The van der Waals surface area contributed by atoms with Crippen molar-refractivity contribution in [2.24, 2.45) is 10.9 Å². The number of carbonyl (C=O) groups is 2. The van der Waals surface area contributed by atoms with Gasteiger partial charge in [0.05, 0.1) is 11.6 Å². The topological polar surface area (TPSA) is 168 Å². The molecule has 1 heterocycles. The van der Waals surface area contributed by atoms with Crippen molar-refractivity contribution in [3.05, 3.63) is 76.8 Å². The van der Waals surface area contributed by atoms with Gasteiger partial charge in [-0.15, -0.1) is 0 Å². The van der Waals surface area contributed by atoms with Gasteiger partial charge in [-0.2, -0.15) is 0 Å². The van der Waals surface area contributed by atoms with E-state index < -0.39 is 21.8 Å². The number of rotatable bonds is 6. The number of fused-ring (bicyclic) bond motifs is 1. The van der Waals surface area contributed by atoms with E-state index in [4.69, 9.17) is 27.9 Å². The molecule has 34 heavy (non-hydrogen) atoms. The second-order valence-corrected chi connectivity index (χ2v) is 9.62. The lowest BCUT2D eigenvalue weighted by Gasteiger charge is -2.16. The van der Waals surface area contributed by atoms with Crippen molar-refractivity contribution in [1.29, 1.82) is 5.41 Å². The zero-order valence-electron chi connectivity index (χ0n) is 17.6. The van der Waals surface area contributed by atoms with E-state index in [2.05, 4.69) is 10.6 Å². The van der Waals surface area contributed by atoms with E-state index in [9.17, 15) is 18.0 Å². The quantitative estimate of drug-likeness (QED) is 0.260. The number of hydrogen-bond donors (Lipinski definition) is 5. The highest BCUT2D eigenvalue weighted by Crippen LogP contribution is 2.38. The zero-order chi connectivity index (χ0) is 24.6. The first kappa shape index (κ1) is 23.4. The monoisotopic (exact) mass is 497 g/mol. The van der Waals surface area contributed by atoms with Gasteiger partial charge >= 0.3 is 0 Å². The van der Waals surface area contributed by atoms with Crippen LogP contribution in [0.4, 0.5) is 11.4 Å². The van der Waals surface area contributed by atoms with Crippen LogP contribution in [0.3, 0.4) is 0 Å². The van der Waals surface area contributed by atoms with Gasteiger partial charge in [-0.05, 0) is 35.9 Å². The van der Waals surface area contributed by atoms with E-state index in [-0.39, 0.29) is 34.3 Å². The van der Waals surface area contributed by atoms with Crippen LogP contribution in [-0.4, -0.2) is 26.1 Å². The average molecular weight is 498 g/mol. The van der Waals surface area contributed by atoms with Gasteiger partial charge in [0.2, 0.25) is 21.8 Å². The molecule has 0 saturated heterocycles. The molecule has 0 radical (unpaired) electrons. The van der Waals surface area contributed by atoms with E-state index in [0.717, 1.165) is 0 Å². The lowest BCUT2D eigenvalue weighted by Crippen LogP contribution is -2.23. The number of nitrogen functional groups attached to an aromatic ring is 1. The van der Waals surface area contributed by atoms with Crippen LogP contribution < -0.4 is 21.5 Å². The molecule has 3 aromatic rings. The molecule has 7 N–H and O–H groups in total. The zero-order valence-corrected chi connectivity index (χ0v) is 19.2. The van der Waals surface area contributed by atoms with Crippen LogP contribution >= 0.6 is 11.6 Å². The number of hydrogen-bond acceptors (Lipinski definition) is 5. The Labute approximate surface area is 200 Å². The van der Waals surface area contributed by atoms with E-state index in [1.165, 1.54) is 6.07 Å². The Morgan fingerprint density at radius 3 is 2.47 bits per heavy atom. The van der Waals surface area contributed by atoms with Gasteiger partial charge in [-0.3, -0.25) is 15.0 Å². The molecule has 0 aromatic heterocycles. The minimum atomic E-state index is -4.27. The van der Waals surface area contributed by atoms with Gasteiger partial charge in [0.25, 0.3) is 0 Å². The van der Waals surface area contributed by atoms with Crippen molar-refractivity contribution in [2.45, 2.75) is 17.2 Å². The number of amides is 2. The maximum atomic E-state index is 12.9. The molecular weight excluding hydrogens is 478 g/mol. The van der Waals surface area contributed by atoms with E-state index in [1.54, 1.807) is 54.6 Å². The van der Waals surface area contributed by atoms with Crippen molar-refractivity contribution in [3.63, 3.8) is 0 Å². The van der Waals surface area contributed by atoms with Crippen LogP contribution in [0.15, 0.2) is 65.6 Å². The largest absolute Gasteiger partial charge is 0.384 e. The molecule has 3 aromatic carbocycles. The summed E-state index contributed by atoms with van der Waals surface area (Å²) >= 11 is 6.26. The Morgan fingerprint density at radius 2 is 1.79 bits per heavy atom. The summed E-state index contributed by atoms with van der Waals surface area (Å²) in [7, 11) is -4.27. The van der Waals surface area contributed by atoms with E-state index in [1.807, 2.05) is 0 Å². The summed E-state index contributed by atoms with van der Waals surface area (Å²) in [5, 5.41) is 18.7. The SMILES string of the molecule is N=C(N)c1ccc2c(c1)C(CC(=O)Nc1cccc(-c3ccccc3Cl)c1S(N)(=O)=O)C(=O)N2. The summed E-state index contributed by atoms with van der Waals surface area (Å²) in [4.78, 5) is 25.1. The molecule has 0 bridgehead atoms. The van der Waals surface area contributed by atoms with Gasteiger partial charge in [-0.25, -0.2) is 13.6 Å². The molecule has 174 valence electrons. The van der Waals surface area contributed by atoms with Crippen molar-refractivity contribution in [1.82, 2.24) is 0 Å². The standard InChI is InChI=1S/C23H20ClN5O4S/c24-17-6-2-1-4-13(17)14-5-3-7-19(21(14)34(27,32)33)28-20(30)11-16-15-10-12(22(25)26)8-9-18(15)29-23(16)31/h1-10,16H,11H2,(H3,25,26)(H,28,30)(H,29,31)(H2,27,32,33). The number of nitrogens with one attached hydrogen (secondary N) is 3. The Hall–Kier alpha value is -3.73. The first-order chi connectivity index (χ1) is 16.1. The molecule has 9 nitrogen and oxygen atoms in total. The third-order valence-corrected chi connectivity index (χ3v) is 6.78. The molecule has 0 spiro atoms. The highest BCUT2D eigenvalue weighted by molar-refractivity contribution is 7.89. The number of nitrogens with two attached hydrogens (primary N) is 2. The third-order valence-electron chi connectivity index (χ3n) is 5.44. The Morgan fingerprint density at radius 1 is 1.09 bits per heavy atom. The highest BCUT2D eigenvalue weighted by atomic mass is 35.5. The molecule has 4 rings (SSSR count). The van der Waals surface area contributed by atoms with Crippen LogP contribution in [0.25, 0.3) is 11.1 Å². The molecule has 0 fully saturated rings. The molecule has 11 heteroatoms. The Kier molecular flexibility index (Phi) is 6.13. The predicted octanol–water partition coefficient (Wildman–Crippen LogP) is 3.00. The molecule has 0 aliphatic carbocycles. The van der Waals surface area contributed by atoms with E-state index >= 15 is 0 Å². The molecule has 1 aliphatic rings. The van der Waals surface area contributed by atoms with Crippen molar-refractivity contribution in [3.8, 4) is 11.1 Å². The van der Waals surface area contributed by atoms with E-state index in [0.29, 0.717) is 27.4 Å². The smallest absolute Gasteiger partial charge is 0.240 e. The highest BCUT2D eigenvalue weighted by Gasteiger charge is 2.33. The molecular formula is C23H20ClN5O4S. The summed E-state index contributed by atoms with van der Waals surface area (Å²) in [6.45, 7) is 0. The van der Waals surface area contributed by atoms with Gasteiger partial charge in [0, 0.05) is 33.8 Å². The summed E-state index contributed by atoms with van der Waals surface area (Å²) < 4.78 is 25.0. The number of sulfonamides is 1. The van der Waals surface area contributed by atoms with Gasteiger partial charge in [0.15, 0.2) is 0 Å². The molecule has 0 saturated carbocycles. The summed E-state index contributed by atoms with van der Waals surface area (Å²) in [5.74, 6) is -1.98. The second kappa shape index (κ2) is 8.90. The van der Waals surface area contributed by atoms with Crippen LogP contribution in [0.2, 0.25) is 5.02 Å². The first-order valence-electron chi connectivity index (χ1n) is 10.1. The number of halogens is 1. The lowest BCUT2D eigenvalue weighted by molar-refractivity contribution is -0.122. The maximum Gasteiger partial charge on any atom is 0.240 e. The van der Waals surface area contributed by atoms with Gasteiger partial charge < -0.3 is 16.4 Å². The fourth-order valence-corrected chi connectivity index (χ4v) is 5.06. The molecule has 2 amide bonds. The molecule has 1 atom stereocenters. The molecule has 1 aliphatic heterocycles. The van der Waals surface area contributed by atoms with Crippen molar-refractivity contribution >= 4 is 50.6 Å². The summed E-state index contributed by atoms with van der Waals surface area (Å²) in [6, 6.07) is 16.0. The predicted molar refractivity (Wildman–Crippen MR) is 130 cm³/mol. The van der Waals surface area contributed by atoms with Crippen LogP contribution in [-0.2, 0) is 19.6 Å². The minimum Gasteiger partial charge on any atom is -0.384 e. The van der Waals surface area contributed by atoms with Crippen LogP contribution in [0.5, 0.6) is 0 Å². The second-order valence-electron chi connectivity index (χ2n) is 7.72. The molecule has 1 unspecified atom stereocenters. The number of primary sulfonamides is 1. The maximum absolute atomic E-state index is 12.9. The summed E-state index contributed by atoms with van der Waals surface area (Å²) in [6.07, 6.45) is -0.263. The van der Waals surface area contributed by atoms with Crippen LogP contribution in [0.1, 0.15) is 23.5 Å². The summed E-state index contributed by atoms with van der Waals surface area (Å²) in [5.41, 5.74) is 7.67. The fourth-order valence-electron chi connectivity index (χ4n) is 3.92.